The van der Waals surface area contributed by atoms with E-state index in [-0.39, 0.29) is 10.8 Å². The number of hydrogen-bond donors (Lipinski definition) is 0. The molecule has 20 heavy (non-hydrogen) atoms. The normalized spacial score (nSPS) is 20.0. The van der Waals surface area contributed by atoms with Crippen molar-refractivity contribution in [1.82, 2.24) is 4.31 Å². The van der Waals surface area contributed by atoms with E-state index in [9.17, 15) is 8.42 Å². The summed E-state index contributed by atoms with van der Waals surface area (Å²) >= 11 is 11.7. The SMILES string of the molecule is CC1(C)CN(S(=O)(=O)c2ccc(Cl)c(CCl)c2)CCO1. The van der Waals surface area contributed by atoms with Gasteiger partial charge in [-0.3, -0.25) is 0 Å². The molecule has 4 nitrogen and oxygen atoms in total. The van der Waals surface area contributed by atoms with E-state index < -0.39 is 15.6 Å². The second kappa shape index (κ2) is 5.81. The Balaban J connectivity index is 2.35. The molecule has 1 aromatic rings. The zero-order valence-electron chi connectivity index (χ0n) is 11.4. The second-order valence-corrected chi connectivity index (χ2v) is 7.95. The smallest absolute Gasteiger partial charge is 0.243 e. The van der Waals surface area contributed by atoms with Gasteiger partial charge in [0.05, 0.1) is 17.1 Å². The molecule has 1 aliphatic heterocycles. The van der Waals surface area contributed by atoms with Crippen molar-refractivity contribution < 1.29 is 13.2 Å². The van der Waals surface area contributed by atoms with Crippen LogP contribution in [-0.2, 0) is 20.6 Å². The molecule has 112 valence electrons. The van der Waals surface area contributed by atoms with Gasteiger partial charge in [0.25, 0.3) is 0 Å². The van der Waals surface area contributed by atoms with Gasteiger partial charge in [-0.05, 0) is 37.6 Å². The maximum Gasteiger partial charge on any atom is 0.243 e. The molecule has 0 aromatic heterocycles. The highest BCUT2D eigenvalue weighted by Crippen LogP contribution is 2.27. The third kappa shape index (κ3) is 3.28. The molecule has 7 heteroatoms. The van der Waals surface area contributed by atoms with E-state index in [2.05, 4.69) is 0 Å². The third-order valence-corrected chi connectivity index (χ3v) is 5.69. The largest absolute Gasteiger partial charge is 0.373 e. The molecular formula is C13H17Cl2NO3S. The monoisotopic (exact) mass is 337 g/mol. The molecule has 0 N–H and O–H groups in total. The van der Waals surface area contributed by atoms with Crippen molar-refractivity contribution >= 4 is 33.2 Å². The van der Waals surface area contributed by atoms with Gasteiger partial charge in [0.15, 0.2) is 0 Å². The molecule has 1 aliphatic rings. The Labute approximate surface area is 129 Å². The topological polar surface area (TPSA) is 46.6 Å². The molecule has 0 amide bonds. The molecule has 0 unspecified atom stereocenters. The molecule has 2 rings (SSSR count). The zero-order chi connectivity index (χ0) is 15.0. The molecule has 0 atom stereocenters. The van der Waals surface area contributed by atoms with E-state index in [1.165, 1.54) is 16.4 Å². The van der Waals surface area contributed by atoms with Crippen molar-refractivity contribution in [2.75, 3.05) is 19.7 Å². The van der Waals surface area contributed by atoms with Gasteiger partial charge in [0.1, 0.15) is 0 Å². The number of morpholine rings is 1. The summed E-state index contributed by atoms with van der Waals surface area (Å²) in [5, 5.41) is 0.473. The number of benzene rings is 1. The molecule has 1 saturated heterocycles. The molecule has 0 aliphatic carbocycles. The van der Waals surface area contributed by atoms with Crippen molar-refractivity contribution in [2.45, 2.75) is 30.2 Å². The summed E-state index contributed by atoms with van der Waals surface area (Å²) in [6.07, 6.45) is 0. The highest BCUT2D eigenvalue weighted by molar-refractivity contribution is 7.89. The van der Waals surface area contributed by atoms with Crippen LogP contribution in [-0.4, -0.2) is 38.0 Å². The minimum Gasteiger partial charge on any atom is -0.373 e. The molecule has 0 spiro atoms. The van der Waals surface area contributed by atoms with Crippen molar-refractivity contribution in [3.05, 3.63) is 28.8 Å². The van der Waals surface area contributed by atoms with Crippen LogP contribution in [0.3, 0.4) is 0 Å². The number of sulfonamides is 1. The number of hydrogen-bond acceptors (Lipinski definition) is 3. The van der Waals surface area contributed by atoms with E-state index >= 15 is 0 Å². The predicted molar refractivity (Wildman–Crippen MR) is 79.8 cm³/mol. The lowest BCUT2D eigenvalue weighted by molar-refractivity contribution is -0.0640. The Hall–Kier alpha value is -0.330. The van der Waals surface area contributed by atoms with Gasteiger partial charge in [-0.15, -0.1) is 11.6 Å². The average molecular weight is 338 g/mol. The van der Waals surface area contributed by atoms with Gasteiger partial charge in [-0.2, -0.15) is 4.31 Å². The Morgan fingerprint density at radius 3 is 2.70 bits per heavy atom. The molecule has 0 saturated carbocycles. The summed E-state index contributed by atoms with van der Waals surface area (Å²) in [6.45, 7) is 4.82. The standard InChI is InChI=1S/C13H17Cl2NO3S/c1-13(2)9-16(5-6-19-13)20(17,18)11-3-4-12(15)10(7-11)8-14/h3-4,7H,5-6,8-9H2,1-2H3. The Kier molecular flexibility index (Phi) is 4.66. The number of halogens is 2. The lowest BCUT2D eigenvalue weighted by atomic mass is 10.1. The van der Waals surface area contributed by atoms with Crippen molar-refractivity contribution in [2.24, 2.45) is 0 Å². The second-order valence-electron chi connectivity index (χ2n) is 5.33. The maximum atomic E-state index is 12.6. The fourth-order valence-electron chi connectivity index (χ4n) is 2.14. The Morgan fingerprint density at radius 2 is 2.10 bits per heavy atom. The van der Waals surface area contributed by atoms with Crippen LogP contribution in [0.15, 0.2) is 23.1 Å². The molecular weight excluding hydrogens is 321 g/mol. The van der Waals surface area contributed by atoms with E-state index in [0.717, 1.165) is 0 Å². The number of rotatable bonds is 3. The van der Waals surface area contributed by atoms with Crippen LogP contribution < -0.4 is 0 Å². The van der Waals surface area contributed by atoms with Crippen LogP contribution in [0.4, 0.5) is 0 Å². The fourth-order valence-corrected chi connectivity index (χ4v) is 4.24. The van der Waals surface area contributed by atoms with Gasteiger partial charge >= 0.3 is 0 Å². The van der Waals surface area contributed by atoms with Crippen molar-refractivity contribution in [3.63, 3.8) is 0 Å². The van der Waals surface area contributed by atoms with Crippen molar-refractivity contribution in [1.29, 1.82) is 0 Å². The number of nitrogens with zero attached hydrogens (tertiary/aromatic N) is 1. The highest BCUT2D eigenvalue weighted by Gasteiger charge is 2.35. The number of alkyl halides is 1. The maximum absolute atomic E-state index is 12.6. The molecule has 1 fully saturated rings. The first-order valence-corrected chi connectivity index (χ1v) is 8.60. The lowest BCUT2D eigenvalue weighted by Gasteiger charge is -2.37. The molecule has 1 heterocycles. The molecule has 1 aromatic carbocycles. The van der Waals surface area contributed by atoms with E-state index in [1.807, 2.05) is 13.8 Å². The van der Waals surface area contributed by atoms with Crippen LogP contribution in [0.5, 0.6) is 0 Å². The summed E-state index contributed by atoms with van der Waals surface area (Å²) in [6, 6.07) is 4.61. The minimum atomic E-state index is -3.55. The van der Waals surface area contributed by atoms with E-state index in [0.29, 0.717) is 30.3 Å². The van der Waals surface area contributed by atoms with Crippen LogP contribution in [0, 0.1) is 0 Å². The average Bonchev–Trinajstić information content (AvgIpc) is 2.37. The summed E-state index contributed by atoms with van der Waals surface area (Å²) in [4.78, 5) is 0.218. The van der Waals surface area contributed by atoms with Gasteiger partial charge in [0, 0.05) is 24.0 Å². The predicted octanol–water partition coefficient (Wildman–Crippen LogP) is 2.88. The fraction of sp³-hybridized carbons (Fsp3) is 0.538. The highest BCUT2D eigenvalue weighted by atomic mass is 35.5. The van der Waals surface area contributed by atoms with Crippen molar-refractivity contribution in [3.8, 4) is 0 Å². The van der Waals surface area contributed by atoms with Gasteiger partial charge < -0.3 is 4.74 Å². The summed E-state index contributed by atoms with van der Waals surface area (Å²) in [5.74, 6) is 0.177. The molecule has 0 bridgehead atoms. The first kappa shape index (κ1) is 16.0. The van der Waals surface area contributed by atoms with E-state index in [1.54, 1.807) is 6.07 Å². The molecule has 0 radical (unpaired) electrons. The van der Waals surface area contributed by atoms with Gasteiger partial charge in [-0.1, -0.05) is 11.6 Å². The summed E-state index contributed by atoms with van der Waals surface area (Å²) in [7, 11) is -3.55. The van der Waals surface area contributed by atoms with Crippen LogP contribution in [0.1, 0.15) is 19.4 Å². The van der Waals surface area contributed by atoms with Crippen LogP contribution in [0.2, 0.25) is 5.02 Å². The number of ether oxygens (including phenoxy) is 1. The van der Waals surface area contributed by atoms with E-state index in [4.69, 9.17) is 27.9 Å². The lowest BCUT2D eigenvalue weighted by Crippen LogP contribution is -2.50. The zero-order valence-corrected chi connectivity index (χ0v) is 13.7. The van der Waals surface area contributed by atoms with Crippen LogP contribution >= 0.6 is 23.2 Å². The minimum absolute atomic E-state index is 0.177. The first-order chi connectivity index (χ1) is 9.26. The first-order valence-electron chi connectivity index (χ1n) is 6.25. The van der Waals surface area contributed by atoms with Crippen LogP contribution in [0.25, 0.3) is 0 Å². The quantitative estimate of drug-likeness (QED) is 0.796. The summed E-state index contributed by atoms with van der Waals surface area (Å²) in [5.41, 5.74) is 0.134. The van der Waals surface area contributed by atoms with Gasteiger partial charge in [0.2, 0.25) is 10.0 Å². The third-order valence-electron chi connectivity index (χ3n) is 3.19. The van der Waals surface area contributed by atoms with Gasteiger partial charge in [-0.25, -0.2) is 8.42 Å². The summed E-state index contributed by atoms with van der Waals surface area (Å²) < 4.78 is 32.3. The Morgan fingerprint density at radius 1 is 1.40 bits per heavy atom. The Bertz CT molecular complexity index is 602.